The van der Waals surface area contributed by atoms with Gasteiger partial charge in [-0.1, -0.05) is 17.3 Å². The molecule has 1 atom stereocenters. The Hall–Kier alpha value is -2.54. The first-order valence-electron chi connectivity index (χ1n) is 8.01. The first-order chi connectivity index (χ1) is 12.1. The molecule has 1 aliphatic heterocycles. The van der Waals surface area contributed by atoms with Gasteiger partial charge in [0.25, 0.3) is 0 Å². The Labute approximate surface area is 148 Å². The molecule has 1 aliphatic rings. The summed E-state index contributed by atoms with van der Waals surface area (Å²) in [5, 5.41) is 6.05. The van der Waals surface area contributed by atoms with Crippen molar-refractivity contribution in [3.05, 3.63) is 63.7 Å². The summed E-state index contributed by atoms with van der Waals surface area (Å²) in [5.41, 5.74) is 1.47. The van der Waals surface area contributed by atoms with Gasteiger partial charge in [-0.25, -0.2) is 4.39 Å². The van der Waals surface area contributed by atoms with Crippen LogP contribution in [-0.4, -0.2) is 22.6 Å². The lowest BCUT2D eigenvalue weighted by Gasteiger charge is -2.18. The highest BCUT2D eigenvalue weighted by Gasteiger charge is 2.35. The van der Waals surface area contributed by atoms with Crippen molar-refractivity contribution < 1.29 is 13.7 Å². The van der Waals surface area contributed by atoms with Crippen molar-refractivity contribution in [1.82, 2.24) is 10.1 Å². The van der Waals surface area contributed by atoms with Gasteiger partial charge in [-0.15, -0.1) is 11.3 Å². The molecule has 0 aliphatic carbocycles. The van der Waals surface area contributed by atoms with Crippen LogP contribution in [-0.2, 0) is 11.2 Å². The van der Waals surface area contributed by atoms with Crippen LogP contribution < -0.4 is 4.90 Å². The highest BCUT2D eigenvalue weighted by Crippen LogP contribution is 2.32. The number of aryl methyl sites for hydroxylation is 1. The monoisotopic (exact) mass is 357 g/mol. The van der Waals surface area contributed by atoms with E-state index in [0.29, 0.717) is 36.8 Å². The molecule has 7 heteroatoms. The van der Waals surface area contributed by atoms with Crippen LogP contribution in [0.2, 0.25) is 0 Å². The third-order valence-electron chi connectivity index (χ3n) is 4.34. The zero-order valence-corrected chi connectivity index (χ0v) is 14.4. The summed E-state index contributed by atoms with van der Waals surface area (Å²) in [6.45, 7) is 2.30. The van der Waals surface area contributed by atoms with Crippen LogP contribution in [0.15, 0.2) is 40.2 Å². The van der Waals surface area contributed by atoms with Crippen molar-refractivity contribution in [2.45, 2.75) is 25.7 Å². The van der Waals surface area contributed by atoms with Crippen molar-refractivity contribution in [3.8, 4) is 0 Å². The van der Waals surface area contributed by atoms with E-state index in [1.54, 1.807) is 22.3 Å². The smallest absolute Gasteiger partial charge is 0.231 e. The van der Waals surface area contributed by atoms with Crippen molar-refractivity contribution in [2.75, 3.05) is 11.4 Å². The average Bonchev–Trinajstić information content (AvgIpc) is 3.32. The standard InChI is InChI=1S/C18H16FN3O2S/c1-11-4-5-13(19)8-15(11)22-10-12(7-17(22)23)18-20-16(24-21-18)9-14-3-2-6-25-14/h2-6,8,12H,7,9-10H2,1H3. The second-order valence-corrected chi connectivity index (χ2v) is 7.17. The predicted octanol–water partition coefficient (Wildman–Crippen LogP) is 3.69. The van der Waals surface area contributed by atoms with Gasteiger partial charge in [-0.05, 0) is 36.1 Å². The molecule has 1 aromatic carbocycles. The van der Waals surface area contributed by atoms with Crippen LogP contribution in [0.1, 0.15) is 34.5 Å². The molecule has 128 valence electrons. The Kier molecular flexibility index (Phi) is 4.09. The van der Waals surface area contributed by atoms with E-state index in [1.165, 1.54) is 12.1 Å². The van der Waals surface area contributed by atoms with Crippen LogP contribution in [0.3, 0.4) is 0 Å². The maximum absolute atomic E-state index is 13.6. The van der Waals surface area contributed by atoms with Crippen molar-refractivity contribution in [3.63, 3.8) is 0 Å². The SMILES string of the molecule is Cc1ccc(F)cc1N1CC(c2noc(Cc3cccs3)n2)CC1=O. The Balaban J connectivity index is 1.52. The summed E-state index contributed by atoms with van der Waals surface area (Å²) in [5.74, 6) is 0.538. The van der Waals surface area contributed by atoms with Crippen LogP contribution in [0.25, 0.3) is 0 Å². The number of hydrogen-bond donors (Lipinski definition) is 0. The van der Waals surface area contributed by atoms with Gasteiger partial charge in [0.05, 0.1) is 6.42 Å². The molecule has 0 bridgehead atoms. The first kappa shape index (κ1) is 16.0. The van der Waals surface area contributed by atoms with Crippen LogP contribution in [0.5, 0.6) is 0 Å². The molecule has 25 heavy (non-hydrogen) atoms. The van der Waals surface area contributed by atoms with Gasteiger partial charge in [0.2, 0.25) is 11.8 Å². The average molecular weight is 357 g/mol. The van der Waals surface area contributed by atoms with E-state index in [-0.39, 0.29) is 17.6 Å². The number of amides is 1. The molecule has 0 radical (unpaired) electrons. The third kappa shape index (κ3) is 3.19. The number of aromatic nitrogens is 2. The molecule has 1 amide bonds. The Bertz CT molecular complexity index is 907. The van der Waals surface area contributed by atoms with E-state index >= 15 is 0 Å². The summed E-state index contributed by atoms with van der Waals surface area (Å²) in [6.07, 6.45) is 0.895. The summed E-state index contributed by atoms with van der Waals surface area (Å²) >= 11 is 1.63. The summed E-state index contributed by atoms with van der Waals surface area (Å²) in [7, 11) is 0. The van der Waals surface area contributed by atoms with Gasteiger partial charge in [-0.3, -0.25) is 4.79 Å². The molecule has 2 aromatic heterocycles. The molecule has 0 spiro atoms. The molecule has 4 rings (SSSR count). The highest BCUT2D eigenvalue weighted by atomic mass is 32.1. The highest BCUT2D eigenvalue weighted by molar-refractivity contribution is 7.09. The van der Waals surface area contributed by atoms with Crippen LogP contribution >= 0.6 is 11.3 Å². The minimum absolute atomic E-state index is 0.0525. The van der Waals surface area contributed by atoms with Gasteiger partial charge in [0.15, 0.2) is 5.82 Å². The molecule has 1 unspecified atom stereocenters. The fourth-order valence-corrected chi connectivity index (χ4v) is 3.75. The van der Waals surface area contributed by atoms with E-state index < -0.39 is 0 Å². The zero-order chi connectivity index (χ0) is 17.4. The van der Waals surface area contributed by atoms with E-state index in [4.69, 9.17) is 4.52 Å². The Morgan fingerprint density at radius 2 is 2.28 bits per heavy atom. The maximum Gasteiger partial charge on any atom is 0.231 e. The molecule has 1 saturated heterocycles. The molecular formula is C18H16FN3O2S. The van der Waals surface area contributed by atoms with Crippen LogP contribution in [0.4, 0.5) is 10.1 Å². The summed E-state index contributed by atoms with van der Waals surface area (Å²) in [4.78, 5) is 19.6. The zero-order valence-electron chi connectivity index (χ0n) is 13.6. The van der Waals surface area contributed by atoms with Crippen molar-refractivity contribution in [2.24, 2.45) is 0 Å². The van der Waals surface area contributed by atoms with Gasteiger partial charge >= 0.3 is 0 Å². The summed E-state index contributed by atoms with van der Waals surface area (Å²) in [6, 6.07) is 8.47. The van der Waals surface area contributed by atoms with E-state index in [1.807, 2.05) is 24.4 Å². The molecule has 0 saturated carbocycles. The van der Waals surface area contributed by atoms with Gasteiger partial charge in [-0.2, -0.15) is 4.98 Å². The van der Waals surface area contributed by atoms with Crippen molar-refractivity contribution in [1.29, 1.82) is 0 Å². The van der Waals surface area contributed by atoms with Gasteiger partial charge < -0.3 is 9.42 Å². The Morgan fingerprint density at radius 3 is 3.08 bits per heavy atom. The molecule has 0 N–H and O–H groups in total. The second kappa shape index (κ2) is 6.40. The number of carbonyl (C=O) groups excluding carboxylic acids is 1. The fourth-order valence-electron chi connectivity index (χ4n) is 3.05. The molecular weight excluding hydrogens is 341 g/mol. The predicted molar refractivity (Wildman–Crippen MR) is 92.3 cm³/mol. The number of carbonyl (C=O) groups is 1. The topological polar surface area (TPSA) is 59.2 Å². The normalized spacial score (nSPS) is 17.4. The quantitative estimate of drug-likeness (QED) is 0.714. The van der Waals surface area contributed by atoms with Crippen LogP contribution in [0, 0.1) is 12.7 Å². The van der Waals surface area contributed by atoms with E-state index in [9.17, 15) is 9.18 Å². The molecule has 1 fully saturated rings. The maximum atomic E-state index is 13.6. The molecule has 5 nitrogen and oxygen atoms in total. The minimum atomic E-state index is -0.352. The Morgan fingerprint density at radius 1 is 1.40 bits per heavy atom. The molecule has 3 aromatic rings. The lowest BCUT2D eigenvalue weighted by Crippen LogP contribution is -2.25. The minimum Gasteiger partial charge on any atom is -0.339 e. The number of halogens is 1. The number of nitrogens with zero attached hydrogens (tertiary/aromatic N) is 3. The number of anilines is 1. The van der Waals surface area contributed by atoms with Gasteiger partial charge in [0.1, 0.15) is 5.82 Å². The number of hydrogen-bond acceptors (Lipinski definition) is 5. The second-order valence-electron chi connectivity index (χ2n) is 6.14. The number of benzene rings is 1. The lowest BCUT2D eigenvalue weighted by atomic mass is 10.1. The van der Waals surface area contributed by atoms with E-state index in [0.717, 1.165) is 10.4 Å². The first-order valence-corrected chi connectivity index (χ1v) is 8.89. The largest absolute Gasteiger partial charge is 0.339 e. The third-order valence-corrected chi connectivity index (χ3v) is 5.22. The van der Waals surface area contributed by atoms with E-state index in [2.05, 4.69) is 10.1 Å². The molecule has 3 heterocycles. The van der Waals surface area contributed by atoms with Crippen molar-refractivity contribution >= 4 is 22.9 Å². The van der Waals surface area contributed by atoms with Gasteiger partial charge in [0, 0.05) is 29.4 Å². The summed E-state index contributed by atoms with van der Waals surface area (Å²) < 4.78 is 18.9. The fraction of sp³-hybridized carbons (Fsp3) is 0.278. The number of thiophene rings is 1. The number of rotatable bonds is 4. The lowest BCUT2D eigenvalue weighted by molar-refractivity contribution is -0.117.